The number of carbonyl (C=O) groups excluding carboxylic acids is 1. The van der Waals surface area contributed by atoms with Crippen molar-refractivity contribution < 1.29 is 9.53 Å². The monoisotopic (exact) mass is 546 g/mol. The lowest BCUT2D eigenvalue weighted by Crippen LogP contribution is -2.52. The van der Waals surface area contributed by atoms with Gasteiger partial charge in [-0.25, -0.2) is 14.8 Å². The molecule has 0 atom stereocenters. The SMILES string of the molecule is CCOC(=O)N1CCC(NC(=NC)NCCN2CCN(c3ncccn3)CC2)CC1.I. The number of piperazine rings is 1. The highest BCUT2D eigenvalue weighted by Crippen LogP contribution is 2.12. The van der Waals surface area contributed by atoms with Gasteiger partial charge < -0.3 is 25.2 Å². The summed E-state index contributed by atoms with van der Waals surface area (Å²) in [6, 6.07) is 2.16. The van der Waals surface area contributed by atoms with Crippen molar-refractivity contribution in [1.82, 2.24) is 30.4 Å². The summed E-state index contributed by atoms with van der Waals surface area (Å²) in [5.74, 6) is 1.63. The molecule has 0 radical (unpaired) electrons. The standard InChI is InChI=1S/C20H34N8O2.HI/c1-3-30-20(29)28-10-5-17(6-11-28)25-18(21-2)22-9-12-26-13-15-27(16-14-26)19-23-7-4-8-24-19;/h4,7-8,17H,3,5-6,9-16H2,1-2H3,(H2,21,22,25);1H. The maximum Gasteiger partial charge on any atom is 0.409 e. The molecule has 3 heterocycles. The van der Waals surface area contributed by atoms with E-state index < -0.39 is 0 Å². The van der Waals surface area contributed by atoms with Crippen LogP contribution in [0, 0.1) is 0 Å². The number of aromatic nitrogens is 2. The summed E-state index contributed by atoms with van der Waals surface area (Å²) in [6.45, 7) is 9.35. The number of aliphatic imine (C=N–C) groups is 1. The second-order valence-corrected chi connectivity index (χ2v) is 7.48. The first kappa shape index (κ1) is 25.4. The van der Waals surface area contributed by atoms with Gasteiger partial charge in [-0.2, -0.15) is 0 Å². The van der Waals surface area contributed by atoms with Crippen LogP contribution in [-0.2, 0) is 4.74 Å². The summed E-state index contributed by atoms with van der Waals surface area (Å²) in [7, 11) is 1.79. The lowest BCUT2D eigenvalue weighted by molar-refractivity contribution is 0.0963. The largest absolute Gasteiger partial charge is 0.450 e. The van der Waals surface area contributed by atoms with Gasteiger partial charge in [-0.3, -0.25) is 9.89 Å². The molecule has 2 N–H and O–H groups in total. The van der Waals surface area contributed by atoms with Gasteiger partial charge in [0.05, 0.1) is 6.61 Å². The van der Waals surface area contributed by atoms with E-state index in [-0.39, 0.29) is 30.1 Å². The zero-order valence-electron chi connectivity index (χ0n) is 18.5. The van der Waals surface area contributed by atoms with Crippen molar-refractivity contribution in [3.8, 4) is 0 Å². The maximum atomic E-state index is 11.8. The third-order valence-electron chi connectivity index (χ3n) is 5.51. The zero-order chi connectivity index (χ0) is 21.2. The molecule has 1 aromatic heterocycles. The number of likely N-dealkylation sites (tertiary alicyclic amines) is 1. The summed E-state index contributed by atoms with van der Waals surface area (Å²) in [4.78, 5) is 31.3. The molecule has 10 nitrogen and oxygen atoms in total. The first-order chi connectivity index (χ1) is 14.7. The van der Waals surface area contributed by atoms with Crippen LogP contribution in [0.3, 0.4) is 0 Å². The molecule has 0 aromatic carbocycles. The highest BCUT2D eigenvalue weighted by atomic mass is 127. The average molecular weight is 546 g/mol. The number of amides is 1. The molecular weight excluding hydrogens is 511 g/mol. The molecule has 11 heteroatoms. The number of nitrogens with one attached hydrogen (secondary N) is 2. The average Bonchev–Trinajstić information content (AvgIpc) is 2.80. The zero-order valence-corrected chi connectivity index (χ0v) is 20.8. The molecule has 0 spiro atoms. The molecule has 3 rings (SSSR count). The lowest BCUT2D eigenvalue weighted by atomic mass is 10.1. The fraction of sp³-hybridized carbons (Fsp3) is 0.700. The van der Waals surface area contributed by atoms with E-state index >= 15 is 0 Å². The van der Waals surface area contributed by atoms with Gasteiger partial charge in [0.2, 0.25) is 5.95 Å². The lowest BCUT2D eigenvalue weighted by Gasteiger charge is -2.35. The predicted molar refractivity (Wildman–Crippen MR) is 132 cm³/mol. The number of halogens is 1. The summed E-state index contributed by atoms with van der Waals surface area (Å²) in [5, 5.41) is 6.90. The van der Waals surface area contributed by atoms with Crippen LogP contribution in [0.4, 0.5) is 10.7 Å². The van der Waals surface area contributed by atoms with E-state index in [1.807, 2.05) is 13.0 Å². The van der Waals surface area contributed by atoms with Crippen LogP contribution in [0.25, 0.3) is 0 Å². The normalized spacial score (nSPS) is 18.3. The molecule has 0 bridgehead atoms. The highest BCUT2D eigenvalue weighted by molar-refractivity contribution is 14.0. The molecule has 2 fully saturated rings. The van der Waals surface area contributed by atoms with E-state index in [2.05, 4.69) is 35.4 Å². The first-order valence-electron chi connectivity index (χ1n) is 10.8. The van der Waals surface area contributed by atoms with E-state index in [0.29, 0.717) is 25.7 Å². The Bertz CT molecular complexity index is 677. The number of rotatable bonds is 6. The number of nitrogens with zero attached hydrogens (tertiary/aromatic N) is 6. The van der Waals surface area contributed by atoms with E-state index in [9.17, 15) is 4.79 Å². The van der Waals surface area contributed by atoms with Crippen LogP contribution in [0.2, 0.25) is 0 Å². The number of guanidine groups is 1. The topological polar surface area (TPSA) is 98.2 Å². The Morgan fingerprint density at radius 2 is 1.84 bits per heavy atom. The summed E-state index contributed by atoms with van der Waals surface area (Å²) >= 11 is 0. The molecule has 2 aliphatic heterocycles. The minimum atomic E-state index is -0.211. The number of ether oxygens (including phenoxy) is 1. The van der Waals surface area contributed by atoms with Crippen LogP contribution in [0.1, 0.15) is 19.8 Å². The van der Waals surface area contributed by atoms with Gasteiger partial charge in [0.15, 0.2) is 5.96 Å². The minimum absolute atomic E-state index is 0. The number of anilines is 1. The third-order valence-corrected chi connectivity index (χ3v) is 5.51. The summed E-state index contributed by atoms with van der Waals surface area (Å²) < 4.78 is 5.08. The number of hydrogen-bond acceptors (Lipinski definition) is 7. The van der Waals surface area contributed by atoms with E-state index in [1.54, 1.807) is 24.3 Å². The van der Waals surface area contributed by atoms with Gasteiger partial charge >= 0.3 is 6.09 Å². The molecule has 0 aliphatic carbocycles. The van der Waals surface area contributed by atoms with Gasteiger partial charge in [-0.1, -0.05) is 0 Å². The number of hydrogen-bond donors (Lipinski definition) is 2. The summed E-state index contributed by atoms with van der Waals surface area (Å²) in [6.07, 6.45) is 5.15. The van der Waals surface area contributed by atoms with Crippen molar-refractivity contribution >= 4 is 42.0 Å². The molecule has 2 saturated heterocycles. The number of carbonyl (C=O) groups is 1. The quantitative estimate of drug-likeness (QED) is 0.310. The Kier molecular flexibility index (Phi) is 11.1. The highest BCUT2D eigenvalue weighted by Gasteiger charge is 2.24. The molecule has 1 amide bonds. The molecular formula is C20H35IN8O2. The molecule has 2 aliphatic rings. The van der Waals surface area contributed by atoms with Crippen LogP contribution in [0.15, 0.2) is 23.5 Å². The predicted octanol–water partition coefficient (Wildman–Crippen LogP) is 1.00. The maximum absolute atomic E-state index is 11.8. The van der Waals surface area contributed by atoms with E-state index in [0.717, 1.165) is 64.0 Å². The Hall–Kier alpha value is -1.89. The van der Waals surface area contributed by atoms with Crippen LogP contribution in [-0.4, -0.2) is 104 Å². The Labute approximate surface area is 201 Å². The van der Waals surface area contributed by atoms with Crippen molar-refractivity contribution in [3.63, 3.8) is 0 Å². The van der Waals surface area contributed by atoms with Crippen molar-refractivity contribution in [2.24, 2.45) is 4.99 Å². The molecule has 1 aromatic rings. The molecule has 174 valence electrons. The van der Waals surface area contributed by atoms with E-state index in [4.69, 9.17) is 4.74 Å². The third kappa shape index (κ3) is 7.95. The number of piperidine rings is 1. The van der Waals surface area contributed by atoms with Gasteiger partial charge in [0, 0.05) is 77.8 Å². The summed E-state index contributed by atoms with van der Waals surface area (Å²) in [5.41, 5.74) is 0. The smallest absolute Gasteiger partial charge is 0.409 e. The van der Waals surface area contributed by atoms with Gasteiger partial charge in [-0.15, -0.1) is 24.0 Å². The van der Waals surface area contributed by atoms with Gasteiger partial charge in [0.25, 0.3) is 0 Å². The van der Waals surface area contributed by atoms with Crippen molar-refractivity contribution in [1.29, 1.82) is 0 Å². The Morgan fingerprint density at radius 1 is 1.16 bits per heavy atom. The van der Waals surface area contributed by atoms with Gasteiger partial charge in [0.1, 0.15) is 0 Å². The Balaban J connectivity index is 0.00000341. The van der Waals surface area contributed by atoms with Crippen molar-refractivity contribution in [3.05, 3.63) is 18.5 Å². The Morgan fingerprint density at radius 3 is 2.45 bits per heavy atom. The second kappa shape index (κ2) is 13.5. The molecule has 0 saturated carbocycles. The van der Waals surface area contributed by atoms with Crippen molar-refractivity contribution in [2.45, 2.75) is 25.8 Å². The van der Waals surface area contributed by atoms with Gasteiger partial charge in [-0.05, 0) is 25.8 Å². The second-order valence-electron chi connectivity index (χ2n) is 7.48. The molecule has 31 heavy (non-hydrogen) atoms. The fourth-order valence-electron chi connectivity index (χ4n) is 3.77. The first-order valence-corrected chi connectivity index (χ1v) is 10.8. The molecule has 0 unspecified atom stereocenters. The van der Waals surface area contributed by atoms with Crippen LogP contribution >= 0.6 is 24.0 Å². The fourth-order valence-corrected chi connectivity index (χ4v) is 3.77. The van der Waals surface area contributed by atoms with Crippen LogP contribution < -0.4 is 15.5 Å². The van der Waals surface area contributed by atoms with Crippen molar-refractivity contribution in [2.75, 3.05) is 70.9 Å². The minimum Gasteiger partial charge on any atom is -0.450 e. The van der Waals surface area contributed by atoms with E-state index in [1.165, 1.54) is 0 Å². The van der Waals surface area contributed by atoms with Crippen LogP contribution in [0.5, 0.6) is 0 Å².